The van der Waals surface area contributed by atoms with E-state index in [0.717, 1.165) is 36.2 Å². The Morgan fingerprint density at radius 3 is 2.63 bits per heavy atom. The van der Waals surface area contributed by atoms with Gasteiger partial charge in [0, 0.05) is 6.07 Å². The van der Waals surface area contributed by atoms with Crippen molar-refractivity contribution in [1.29, 1.82) is 0 Å². The van der Waals surface area contributed by atoms with Gasteiger partial charge in [-0.15, -0.1) is 0 Å². The number of aromatic nitrogens is 4. The van der Waals surface area contributed by atoms with Crippen molar-refractivity contribution in [2.45, 2.75) is 33.1 Å². The summed E-state index contributed by atoms with van der Waals surface area (Å²) in [4.78, 5) is 33.0. The zero-order valence-corrected chi connectivity index (χ0v) is 19.8. The maximum Gasteiger partial charge on any atom is 0.324 e. The number of thiophene rings is 1. The molecule has 1 amide bonds. The van der Waals surface area contributed by atoms with Gasteiger partial charge in [-0.25, -0.2) is 19.0 Å². The van der Waals surface area contributed by atoms with Crippen molar-refractivity contribution in [2.75, 3.05) is 5.32 Å². The molecule has 0 fully saturated rings. The quantitative estimate of drug-likeness (QED) is 0.279. The van der Waals surface area contributed by atoms with Gasteiger partial charge in [0.2, 0.25) is 0 Å². The zero-order valence-electron chi connectivity index (χ0n) is 19.0. The second-order valence-electron chi connectivity index (χ2n) is 9.11. The molecule has 0 saturated carbocycles. The van der Waals surface area contributed by atoms with Crippen LogP contribution in [0.2, 0.25) is 0 Å². The fourth-order valence-corrected chi connectivity index (χ4v) is 4.63. The molecule has 1 N–H and O–H groups in total. The summed E-state index contributed by atoms with van der Waals surface area (Å²) in [6, 6.07) is 8.56. The number of anilines is 1. The molecule has 1 aliphatic rings. The lowest BCUT2D eigenvalue weighted by Gasteiger charge is -2.28. The molecule has 1 aliphatic carbocycles. The first-order valence-electron chi connectivity index (χ1n) is 11.0. The molecule has 0 atom stereocenters. The molecule has 1 aromatic carbocycles. The van der Waals surface area contributed by atoms with Gasteiger partial charge in [-0.05, 0) is 60.6 Å². The lowest BCUT2D eigenvalue weighted by atomic mass is 9.78. The molecule has 3 aromatic heterocycles. The molecule has 0 aliphatic heterocycles. The summed E-state index contributed by atoms with van der Waals surface area (Å²) in [6.45, 7) is 4.42. The Morgan fingerprint density at radius 2 is 1.97 bits per heavy atom. The SMILES string of the molecule is CC1(C)CC=C(c2nc(NC(=O)c3ccc([N+](=O)[O-])s3)c3cnn(-c4ccc(F)cc4)c3n2)CC1. The topological polar surface area (TPSA) is 116 Å². The molecule has 0 bridgehead atoms. The van der Waals surface area contributed by atoms with Crippen LogP contribution < -0.4 is 5.32 Å². The van der Waals surface area contributed by atoms with E-state index in [9.17, 15) is 19.3 Å². The smallest absolute Gasteiger partial charge is 0.305 e. The van der Waals surface area contributed by atoms with Gasteiger partial charge in [-0.3, -0.25) is 14.9 Å². The number of amides is 1. The van der Waals surface area contributed by atoms with Gasteiger partial charge in [-0.2, -0.15) is 5.10 Å². The second kappa shape index (κ2) is 8.66. The molecular formula is C24H21FN6O3S. The van der Waals surface area contributed by atoms with Gasteiger partial charge >= 0.3 is 5.00 Å². The highest BCUT2D eigenvalue weighted by molar-refractivity contribution is 7.17. The van der Waals surface area contributed by atoms with Crippen LogP contribution in [0.25, 0.3) is 22.3 Å². The zero-order chi connectivity index (χ0) is 24.7. The third-order valence-corrected chi connectivity index (χ3v) is 7.02. The number of benzene rings is 1. The maximum absolute atomic E-state index is 13.5. The number of carbonyl (C=O) groups excluding carboxylic acids is 1. The van der Waals surface area contributed by atoms with E-state index in [1.807, 2.05) is 0 Å². The molecule has 11 heteroatoms. The molecule has 0 unspecified atom stereocenters. The number of hydrogen-bond acceptors (Lipinski definition) is 7. The van der Waals surface area contributed by atoms with Crippen LogP contribution in [0.3, 0.4) is 0 Å². The number of nitro groups is 1. The molecule has 0 saturated heterocycles. The second-order valence-corrected chi connectivity index (χ2v) is 10.2. The van der Waals surface area contributed by atoms with Crippen LogP contribution in [0.1, 0.15) is 48.6 Å². The maximum atomic E-state index is 13.5. The Bertz CT molecular complexity index is 1490. The first-order chi connectivity index (χ1) is 16.7. The highest BCUT2D eigenvalue weighted by Crippen LogP contribution is 2.38. The Hall–Kier alpha value is -3.99. The highest BCUT2D eigenvalue weighted by atomic mass is 32.1. The number of nitrogens with one attached hydrogen (secondary N) is 1. The van der Waals surface area contributed by atoms with Crippen LogP contribution in [-0.4, -0.2) is 30.6 Å². The number of rotatable bonds is 5. The fraction of sp³-hybridized carbons (Fsp3) is 0.250. The van der Waals surface area contributed by atoms with Gasteiger partial charge in [0.25, 0.3) is 5.91 Å². The third-order valence-electron chi connectivity index (χ3n) is 5.99. The predicted octanol–water partition coefficient (Wildman–Crippen LogP) is 5.77. The predicted molar refractivity (Wildman–Crippen MR) is 131 cm³/mol. The average Bonchev–Trinajstić information content (AvgIpc) is 3.48. The minimum absolute atomic E-state index is 0.122. The van der Waals surface area contributed by atoms with E-state index in [0.29, 0.717) is 22.5 Å². The number of allylic oxidation sites excluding steroid dienone is 2. The van der Waals surface area contributed by atoms with E-state index in [1.165, 1.54) is 30.5 Å². The van der Waals surface area contributed by atoms with Crippen LogP contribution in [0.5, 0.6) is 0 Å². The molecule has 35 heavy (non-hydrogen) atoms. The summed E-state index contributed by atoms with van der Waals surface area (Å²) in [6.07, 6.45) is 6.29. The van der Waals surface area contributed by atoms with Gasteiger partial charge in [-0.1, -0.05) is 31.3 Å². The van der Waals surface area contributed by atoms with Crippen LogP contribution >= 0.6 is 11.3 Å². The van der Waals surface area contributed by atoms with Crippen LogP contribution in [-0.2, 0) is 0 Å². The molecule has 0 spiro atoms. The summed E-state index contributed by atoms with van der Waals surface area (Å²) < 4.78 is 15.0. The Labute approximate surface area is 203 Å². The summed E-state index contributed by atoms with van der Waals surface area (Å²) in [5, 5.41) is 18.6. The lowest BCUT2D eigenvalue weighted by Crippen LogP contribution is -2.16. The third kappa shape index (κ3) is 4.54. The number of nitrogens with zero attached hydrogens (tertiary/aromatic N) is 5. The Morgan fingerprint density at radius 1 is 1.20 bits per heavy atom. The molecule has 3 heterocycles. The van der Waals surface area contributed by atoms with Crippen molar-refractivity contribution in [3.05, 3.63) is 75.3 Å². The van der Waals surface area contributed by atoms with E-state index in [1.54, 1.807) is 16.8 Å². The number of halogens is 1. The van der Waals surface area contributed by atoms with Crippen molar-refractivity contribution < 1.29 is 14.1 Å². The van der Waals surface area contributed by atoms with E-state index in [2.05, 4.69) is 35.3 Å². The first kappa shape index (κ1) is 22.8. The van der Waals surface area contributed by atoms with Crippen LogP contribution in [0, 0.1) is 21.3 Å². The summed E-state index contributed by atoms with van der Waals surface area (Å²) in [5.41, 5.74) is 2.23. The van der Waals surface area contributed by atoms with Crippen molar-refractivity contribution >= 4 is 44.7 Å². The van der Waals surface area contributed by atoms with Crippen molar-refractivity contribution in [3.63, 3.8) is 0 Å². The lowest BCUT2D eigenvalue weighted by molar-refractivity contribution is -0.380. The summed E-state index contributed by atoms with van der Waals surface area (Å²) >= 11 is 0.787. The van der Waals surface area contributed by atoms with Crippen LogP contribution in [0.15, 0.2) is 48.7 Å². The van der Waals surface area contributed by atoms with E-state index >= 15 is 0 Å². The minimum atomic E-state index is -0.536. The summed E-state index contributed by atoms with van der Waals surface area (Å²) in [5.74, 6) is -0.148. The highest BCUT2D eigenvalue weighted by Gasteiger charge is 2.25. The summed E-state index contributed by atoms with van der Waals surface area (Å²) in [7, 11) is 0. The first-order valence-corrected chi connectivity index (χ1v) is 11.8. The molecule has 4 aromatic rings. The Kier molecular flexibility index (Phi) is 5.64. The molecule has 178 valence electrons. The number of hydrogen-bond donors (Lipinski definition) is 1. The molecule has 0 radical (unpaired) electrons. The number of fused-ring (bicyclic) bond motifs is 1. The average molecular weight is 493 g/mol. The van der Waals surface area contributed by atoms with Gasteiger partial charge in [0.1, 0.15) is 11.6 Å². The molecular weight excluding hydrogens is 471 g/mol. The van der Waals surface area contributed by atoms with E-state index in [-0.39, 0.29) is 26.9 Å². The van der Waals surface area contributed by atoms with Gasteiger partial charge in [0.15, 0.2) is 11.5 Å². The largest absolute Gasteiger partial charge is 0.324 e. The van der Waals surface area contributed by atoms with Gasteiger partial charge < -0.3 is 5.32 Å². The molecule has 9 nitrogen and oxygen atoms in total. The standard InChI is InChI=1S/C24H21FN6O3S/c1-24(2)11-9-14(10-12-24)20-27-21(29-23(32)18-7-8-19(35-18)31(33)34)17-13-26-30(22(17)28-20)16-5-3-15(25)4-6-16/h3-9,13H,10-12H2,1-2H3,(H,27,28,29,32). The molecule has 5 rings (SSSR count). The van der Waals surface area contributed by atoms with Gasteiger partial charge in [0.05, 0.1) is 27.1 Å². The minimum Gasteiger partial charge on any atom is -0.305 e. The van der Waals surface area contributed by atoms with Crippen LogP contribution in [0.4, 0.5) is 15.2 Å². The van der Waals surface area contributed by atoms with E-state index < -0.39 is 10.8 Å². The monoisotopic (exact) mass is 492 g/mol. The van der Waals surface area contributed by atoms with Crippen molar-refractivity contribution in [2.24, 2.45) is 5.41 Å². The number of carbonyl (C=O) groups is 1. The van der Waals surface area contributed by atoms with Crippen molar-refractivity contribution in [3.8, 4) is 5.69 Å². The van der Waals surface area contributed by atoms with Crippen molar-refractivity contribution in [1.82, 2.24) is 19.7 Å². The van der Waals surface area contributed by atoms with E-state index in [4.69, 9.17) is 4.98 Å². The Balaban J connectivity index is 1.60. The normalized spacial score (nSPS) is 15.1. The fourth-order valence-electron chi connectivity index (χ4n) is 3.91.